The van der Waals surface area contributed by atoms with E-state index in [0.717, 1.165) is 48.9 Å². The van der Waals surface area contributed by atoms with Gasteiger partial charge in [-0.3, -0.25) is 9.69 Å². The van der Waals surface area contributed by atoms with Crippen molar-refractivity contribution >= 4 is 22.5 Å². The minimum absolute atomic E-state index is 0.00411. The molecule has 5 rings (SSSR count). The van der Waals surface area contributed by atoms with Gasteiger partial charge in [0.05, 0.1) is 11.1 Å². The molecule has 2 N–H and O–H groups in total. The number of nitrogens with one attached hydrogen (secondary N) is 2. The summed E-state index contributed by atoms with van der Waals surface area (Å²) in [7, 11) is 0. The van der Waals surface area contributed by atoms with Crippen LogP contribution in [0.2, 0.25) is 0 Å². The maximum atomic E-state index is 13.2. The first kappa shape index (κ1) is 25.8. The van der Waals surface area contributed by atoms with Crippen molar-refractivity contribution in [2.45, 2.75) is 31.7 Å². The van der Waals surface area contributed by atoms with Crippen LogP contribution in [-0.2, 0) is 31.7 Å². The van der Waals surface area contributed by atoms with Crippen LogP contribution in [-0.4, -0.2) is 28.9 Å². The van der Waals surface area contributed by atoms with Crippen molar-refractivity contribution < 1.29 is 31.1 Å². The van der Waals surface area contributed by atoms with Crippen molar-refractivity contribution in [1.82, 2.24) is 9.88 Å². The molecule has 2 heterocycles. The number of fused-ring (bicyclic) bond motifs is 2. The number of nitrogens with zero attached hydrogens (tertiary/aromatic N) is 1. The van der Waals surface area contributed by atoms with E-state index in [2.05, 4.69) is 27.3 Å². The van der Waals surface area contributed by atoms with Crippen molar-refractivity contribution in [3.63, 3.8) is 0 Å². The molecule has 0 spiro atoms. The number of benzene rings is 3. The van der Waals surface area contributed by atoms with Crippen LogP contribution in [0.4, 0.5) is 32.0 Å². The van der Waals surface area contributed by atoms with E-state index < -0.39 is 35.0 Å². The lowest BCUT2D eigenvalue weighted by molar-refractivity contribution is -0.143. The fraction of sp³-hybridized carbons (Fsp3) is 0.250. The van der Waals surface area contributed by atoms with E-state index in [-0.39, 0.29) is 11.8 Å². The third-order valence-electron chi connectivity index (χ3n) is 6.78. The number of amides is 1. The summed E-state index contributed by atoms with van der Waals surface area (Å²) in [4.78, 5) is 18.2. The number of aromatic amines is 1. The highest BCUT2D eigenvalue weighted by Gasteiger charge is 2.37. The van der Waals surface area contributed by atoms with E-state index in [1.54, 1.807) is 18.2 Å². The first-order chi connectivity index (χ1) is 18.0. The van der Waals surface area contributed by atoms with Crippen LogP contribution in [0.5, 0.6) is 0 Å². The summed E-state index contributed by atoms with van der Waals surface area (Å²) in [6.45, 7) is 2.61. The Morgan fingerprint density at radius 1 is 0.895 bits per heavy atom. The summed E-state index contributed by atoms with van der Waals surface area (Å²) >= 11 is 0. The van der Waals surface area contributed by atoms with Gasteiger partial charge in [0.25, 0.3) is 5.91 Å². The number of alkyl halides is 6. The Morgan fingerprint density at radius 2 is 1.58 bits per heavy atom. The molecule has 1 amide bonds. The Hall–Kier alpha value is -3.79. The summed E-state index contributed by atoms with van der Waals surface area (Å²) in [5.74, 6) is -1.06. The van der Waals surface area contributed by atoms with Crippen LogP contribution in [0.3, 0.4) is 0 Å². The van der Waals surface area contributed by atoms with Crippen molar-refractivity contribution in [2.75, 3.05) is 18.4 Å². The number of H-pyrrole nitrogens is 1. The lowest BCUT2D eigenvalue weighted by Crippen LogP contribution is -2.32. The van der Waals surface area contributed by atoms with Gasteiger partial charge in [-0.1, -0.05) is 24.3 Å². The number of halogens is 6. The molecule has 1 aliphatic rings. The van der Waals surface area contributed by atoms with Crippen LogP contribution in [0.1, 0.15) is 38.2 Å². The second-order valence-electron chi connectivity index (χ2n) is 9.37. The number of hydrogen-bond acceptors (Lipinski definition) is 2. The smallest absolute Gasteiger partial charge is 0.361 e. The van der Waals surface area contributed by atoms with E-state index in [1.165, 1.54) is 11.1 Å². The van der Waals surface area contributed by atoms with Gasteiger partial charge in [-0.05, 0) is 65.9 Å². The van der Waals surface area contributed by atoms with Gasteiger partial charge in [0.1, 0.15) is 0 Å². The summed E-state index contributed by atoms with van der Waals surface area (Å²) in [5.41, 5.74) is 0.926. The Kier molecular flexibility index (Phi) is 6.68. The number of aromatic nitrogens is 1. The zero-order valence-corrected chi connectivity index (χ0v) is 20.0. The molecule has 3 aromatic carbocycles. The van der Waals surface area contributed by atoms with Gasteiger partial charge < -0.3 is 10.3 Å². The molecule has 4 nitrogen and oxygen atoms in total. The third-order valence-corrected chi connectivity index (χ3v) is 6.78. The second-order valence-corrected chi connectivity index (χ2v) is 9.37. The standard InChI is InChI=1S/C28H23F6N3O/c29-27(30,31)21-11-20(12-22(13-21)28(32,33)34)26(38)36-23-5-6-25-24(14-23)18(15-35-25)8-10-37-9-7-17-3-1-2-4-19(17)16-37/h1-6,11-15,35H,7-10,16H2,(H,36,38). The van der Waals surface area contributed by atoms with Crippen LogP contribution in [0, 0.1) is 0 Å². The van der Waals surface area contributed by atoms with Gasteiger partial charge in [-0.2, -0.15) is 26.3 Å². The summed E-state index contributed by atoms with van der Waals surface area (Å²) < 4.78 is 79.1. The number of carbonyl (C=O) groups excluding carboxylic acids is 1. The van der Waals surface area contributed by atoms with Crippen molar-refractivity contribution in [3.8, 4) is 0 Å². The number of rotatable bonds is 5. The minimum Gasteiger partial charge on any atom is -0.361 e. The van der Waals surface area contributed by atoms with E-state index in [0.29, 0.717) is 12.1 Å². The molecule has 4 aromatic rings. The average molecular weight is 532 g/mol. The molecule has 0 atom stereocenters. The SMILES string of the molecule is O=C(Nc1ccc2[nH]cc(CCN3CCc4ccccc4C3)c2c1)c1cc(C(F)(F)F)cc(C(F)(F)F)c1. The second kappa shape index (κ2) is 9.83. The number of hydrogen-bond donors (Lipinski definition) is 2. The van der Waals surface area contributed by atoms with E-state index in [9.17, 15) is 31.1 Å². The zero-order chi connectivity index (χ0) is 27.1. The third kappa shape index (κ3) is 5.55. The molecule has 38 heavy (non-hydrogen) atoms. The zero-order valence-electron chi connectivity index (χ0n) is 20.0. The highest BCUT2D eigenvalue weighted by Crippen LogP contribution is 2.36. The molecule has 0 radical (unpaired) electrons. The number of carbonyl (C=O) groups is 1. The molecule has 0 unspecified atom stereocenters. The van der Waals surface area contributed by atoms with Crippen LogP contribution in [0.15, 0.2) is 66.9 Å². The summed E-state index contributed by atoms with van der Waals surface area (Å²) in [6.07, 6.45) is -6.50. The molecule has 1 aliphatic heterocycles. The fourth-order valence-electron chi connectivity index (χ4n) is 4.78. The predicted octanol–water partition coefficient (Wildman–Crippen LogP) is 7.06. The lowest BCUT2D eigenvalue weighted by Gasteiger charge is -2.28. The monoisotopic (exact) mass is 531 g/mol. The minimum atomic E-state index is -5.04. The first-order valence-corrected chi connectivity index (χ1v) is 12.0. The average Bonchev–Trinajstić information content (AvgIpc) is 3.28. The Balaban J connectivity index is 1.33. The highest BCUT2D eigenvalue weighted by molar-refractivity contribution is 6.05. The molecule has 0 bridgehead atoms. The van der Waals surface area contributed by atoms with Crippen molar-refractivity contribution in [3.05, 3.63) is 100 Å². The maximum Gasteiger partial charge on any atom is 0.416 e. The largest absolute Gasteiger partial charge is 0.416 e. The van der Waals surface area contributed by atoms with Crippen LogP contribution in [0.25, 0.3) is 10.9 Å². The summed E-state index contributed by atoms with van der Waals surface area (Å²) in [6, 6.07) is 14.1. The summed E-state index contributed by atoms with van der Waals surface area (Å²) in [5, 5.41) is 3.26. The van der Waals surface area contributed by atoms with E-state index in [4.69, 9.17) is 0 Å². The fourth-order valence-corrected chi connectivity index (χ4v) is 4.78. The van der Waals surface area contributed by atoms with E-state index in [1.807, 2.05) is 18.3 Å². The topological polar surface area (TPSA) is 48.1 Å². The molecule has 0 aliphatic carbocycles. The van der Waals surface area contributed by atoms with Crippen LogP contribution < -0.4 is 5.32 Å². The van der Waals surface area contributed by atoms with Gasteiger partial charge >= 0.3 is 12.4 Å². The highest BCUT2D eigenvalue weighted by atomic mass is 19.4. The first-order valence-electron chi connectivity index (χ1n) is 12.0. The van der Waals surface area contributed by atoms with Gasteiger partial charge in [0.2, 0.25) is 0 Å². The van der Waals surface area contributed by atoms with Gasteiger partial charge in [0.15, 0.2) is 0 Å². The molecule has 198 valence electrons. The quantitative estimate of drug-likeness (QED) is 0.271. The Bertz CT molecular complexity index is 1460. The molecule has 1 aromatic heterocycles. The predicted molar refractivity (Wildman–Crippen MR) is 132 cm³/mol. The lowest BCUT2D eigenvalue weighted by atomic mass is 9.99. The maximum absolute atomic E-state index is 13.2. The van der Waals surface area contributed by atoms with Crippen molar-refractivity contribution in [1.29, 1.82) is 0 Å². The van der Waals surface area contributed by atoms with Gasteiger partial charge in [0, 0.05) is 48.0 Å². The molecular weight excluding hydrogens is 508 g/mol. The van der Waals surface area contributed by atoms with Crippen LogP contribution >= 0.6 is 0 Å². The molecule has 0 fully saturated rings. The van der Waals surface area contributed by atoms with Crippen molar-refractivity contribution in [2.24, 2.45) is 0 Å². The van der Waals surface area contributed by atoms with Gasteiger partial charge in [-0.25, -0.2) is 0 Å². The number of anilines is 1. The van der Waals surface area contributed by atoms with E-state index >= 15 is 0 Å². The normalized spacial score (nSPS) is 14.5. The molecule has 10 heteroatoms. The Labute approximate surface area is 214 Å². The molecular formula is C28H23F6N3O. The molecule has 0 saturated carbocycles. The Morgan fingerprint density at radius 3 is 2.26 bits per heavy atom. The molecule has 0 saturated heterocycles. The van der Waals surface area contributed by atoms with Gasteiger partial charge in [-0.15, -0.1) is 0 Å².